The Morgan fingerprint density at radius 3 is 2.82 bits per heavy atom. The van der Waals surface area contributed by atoms with Crippen LogP contribution >= 0.6 is 0 Å². The number of nitrogen functional groups attached to an aromatic ring is 1. The molecule has 2 heterocycles. The Hall–Kier alpha value is -1.45. The normalized spacial score (nSPS) is 20.0. The Kier molecular flexibility index (Phi) is 3.41. The molecule has 0 aromatic carbocycles. The Labute approximate surface area is 103 Å². The smallest absolute Gasteiger partial charge is 0.239 e. The number of aromatic nitrogens is 1. The minimum atomic E-state index is 0.0936. The number of pyridine rings is 1. The molecule has 2 N–H and O–H groups in total. The fraction of sp³-hybridized carbons (Fsp3) is 0.615. The minimum Gasteiger partial charge on any atom is -0.473 e. The quantitative estimate of drug-likeness (QED) is 0.874. The van der Waals surface area contributed by atoms with Gasteiger partial charge >= 0.3 is 0 Å². The lowest BCUT2D eigenvalue weighted by atomic mass is 10.2. The Balaban J connectivity index is 2.24. The fourth-order valence-corrected chi connectivity index (χ4v) is 2.19. The Bertz CT molecular complexity index is 392. The van der Waals surface area contributed by atoms with Crippen molar-refractivity contribution in [3.8, 4) is 5.88 Å². The number of hydrogen-bond donors (Lipinski definition) is 1. The Morgan fingerprint density at radius 1 is 1.47 bits per heavy atom. The van der Waals surface area contributed by atoms with Gasteiger partial charge < -0.3 is 15.4 Å². The topological polar surface area (TPSA) is 51.4 Å². The molecule has 1 aromatic heterocycles. The molecule has 2 rings (SSSR count). The van der Waals surface area contributed by atoms with Crippen molar-refractivity contribution in [2.75, 3.05) is 17.2 Å². The summed E-state index contributed by atoms with van der Waals surface area (Å²) in [6, 6.07) is 4.41. The largest absolute Gasteiger partial charge is 0.473 e. The molecule has 0 radical (unpaired) electrons. The molecule has 0 amide bonds. The molecular formula is C13H21N3O. The molecule has 1 aliphatic rings. The number of ether oxygens (including phenoxy) is 1. The average molecular weight is 235 g/mol. The van der Waals surface area contributed by atoms with E-state index >= 15 is 0 Å². The first-order valence-corrected chi connectivity index (χ1v) is 6.27. The minimum absolute atomic E-state index is 0.0936. The molecule has 0 spiro atoms. The van der Waals surface area contributed by atoms with E-state index in [2.05, 4.69) is 16.8 Å². The first kappa shape index (κ1) is 12.0. The van der Waals surface area contributed by atoms with E-state index in [0.717, 1.165) is 12.4 Å². The van der Waals surface area contributed by atoms with Crippen molar-refractivity contribution >= 4 is 11.5 Å². The van der Waals surface area contributed by atoms with Crippen LogP contribution in [0.15, 0.2) is 12.1 Å². The van der Waals surface area contributed by atoms with Crippen molar-refractivity contribution in [1.29, 1.82) is 0 Å². The van der Waals surface area contributed by atoms with Crippen LogP contribution < -0.4 is 15.4 Å². The maximum Gasteiger partial charge on any atom is 0.239 e. The van der Waals surface area contributed by atoms with Crippen LogP contribution in [0.4, 0.5) is 11.5 Å². The van der Waals surface area contributed by atoms with Crippen molar-refractivity contribution < 1.29 is 4.74 Å². The van der Waals surface area contributed by atoms with Gasteiger partial charge in [-0.05, 0) is 45.7 Å². The number of rotatable bonds is 3. The van der Waals surface area contributed by atoms with Crippen LogP contribution in [0.2, 0.25) is 0 Å². The highest BCUT2D eigenvalue weighted by molar-refractivity contribution is 5.55. The van der Waals surface area contributed by atoms with E-state index in [1.807, 2.05) is 26.0 Å². The van der Waals surface area contributed by atoms with Gasteiger partial charge in [-0.25, -0.2) is 0 Å². The summed E-state index contributed by atoms with van der Waals surface area (Å²) in [5.41, 5.74) is 6.47. The highest BCUT2D eigenvalue weighted by Gasteiger charge is 2.22. The van der Waals surface area contributed by atoms with Gasteiger partial charge in [0.25, 0.3) is 0 Å². The standard InChI is InChI=1S/C13H21N3O/c1-9(2)17-13-11(14)6-7-12(15-13)16-8-4-5-10(16)3/h6-7,9-10H,4-5,8,14H2,1-3H3. The molecule has 17 heavy (non-hydrogen) atoms. The average Bonchev–Trinajstić information content (AvgIpc) is 2.67. The third-order valence-corrected chi connectivity index (χ3v) is 3.07. The summed E-state index contributed by atoms with van der Waals surface area (Å²) >= 11 is 0. The molecule has 0 saturated carbocycles. The molecule has 1 saturated heterocycles. The van der Waals surface area contributed by atoms with Gasteiger partial charge in [0.15, 0.2) is 0 Å². The molecule has 1 aliphatic heterocycles. The van der Waals surface area contributed by atoms with Crippen LogP contribution in [0.5, 0.6) is 5.88 Å². The zero-order valence-electron chi connectivity index (χ0n) is 10.8. The second kappa shape index (κ2) is 4.82. The predicted molar refractivity (Wildman–Crippen MR) is 70.5 cm³/mol. The molecule has 0 bridgehead atoms. The van der Waals surface area contributed by atoms with Crippen molar-refractivity contribution in [3.63, 3.8) is 0 Å². The lowest BCUT2D eigenvalue weighted by Crippen LogP contribution is -2.27. The highest BCUT2D eigenvalue weighted by atomic mass is 16.5. The van der Waals surface area contributed by atoms with E-state index in [0.29, 0.717) is 17.6 Å². The fourth-order valence-electron chi connectivity index (χ4n) is 2.19. The number of nitrogens with two attached hydrogens (primary N) is 1. The van der Waals surface area contributed by atoms with Crippen molar-refractivity contribution in [2.45, 2.75) is 45.8 Å². The molecule has 0 aliphatic carbocycles. The van der Waals surface area contributed by atoms with Crippen LogP contribution in [-0.4, -0.2) is 23.7 Å². The molecule has 1 unspecified atom stereocenters. The summed E-state index contributed by atoms with van der Waals surface area (Å²) in [6.45, 7) is 7.26. The number of hydrogen-bond acceptors (Lipinski definition) is 4. The maximum atomic E-state index is 5.87. The Morgan fingerprint density at radius 2 is 2.24 bits per heavy atom. The molecule has 4 heteroatoms. The van der Waals surface area contributed by atoms with Crippen molar-refractivity contribution in [2.24, 2.45) is 0 Å². The van der Waals surface area contributed by atoms with Gasteiger partial charge in [0.05, 0.1) is 11.8 Å². The maximum absolute atomic E-state index is 5.87. The predicted octanol–water partition coefficient (Wildman–Crippen LogP) is 2.44. The molecular weight excluding hydrogens is 214 g/mol. The summed E-state index contributed by atoms with van der Waals surface area (Å²) in [5, 5.41) is 0. The zero-order chi connectivity index (χ0) is 12.4. The molecule has 1 aromatic rings. The second-order valence-corrected chi connectivity index (χ2v) is 4.92. The summed E-state index contributed by atoms with van der Waals surface area (Å²) in [4.78, 5) is 6.84. The van der Waals surface area contributed by atoms with E-state index in [4.69, 9.17) is 10.5 Å². The van der Waals surface area contributed by atoms with E-state index in [9.17, 15) is 0 Å². The summed E-state index contributed by atoms with van der Waals surface area (Å²) in [5.74, 6) is 1.52. The number of anilines is 2. The van der Waals surface area contributed by atoms with Gasteiger partial charge in [0.1, 0.15) is 5.82 Å². The zero-order valence-corrected chi connectivity index (χ0v) is 10.8. The van der Waals surface area contributed by atoms with Crippen LogP contribution in [0.25, 0.3) is 0 Å². The molecule has 94 valence electrons. The summed E-state index contributed by atoms with van der Waals surface area (Å²) in [7, 11) is 0. The van der Waals surface area contributed by atoms with E-state index < -0.39 is 0 Å². The van der Waals surface area contributed by atoms with Crippen LogP contribution in [0, 0.1) is 0 Å². The SMILES string of the molecule is CC(C)Oc1nc(N2CCCC2C)ccc1N. The van der Waals surface area contributed by atoms with Gasteiger partial charge in [-0.3, -0.25) is 0 Å². The number of nitrogens with zero attached hydrogens (tertiary/aromatic N) is 2. The van der Waals surface area contributed by atoms with Gasteiger partial charge in [-0.2, -0.15) is 4.98 Å². The molecule has 4 nitrogen and oxygen atoms in total. The summed E-state index contributed by atoms with van der Waals surface area (Å²) in [6.07, 6.45) is 2.55. The van der Waals surface area contributed by atoms with E-state index in [-0.39, 0.29) is 6.10 Å². The second-order valence-electron chi connectivity index (χ2n) is 4.92. The lowest BCUT2D eigenvalue weighted by molar-refractivity contribution is 0.234. The van der Waals surface area contributed by atoms with Crippen molar-refractivity contribution in [3.05, 3.63) is 12.1 Å². The molecule has 1 atom stereocenters. The van der Waals surface area contributed by atoms with Gasteiger partial charge in [0, 0.05) is 12.6 Å². The first-order valence-electron chi connectivity index (χ1n) is 6.27. The van der Waals surface area contributed by atoms with Gasteiger partial charge in [0.2, 0.25) is 5.88 Å². The van der Waals surface area contributed by atoms with E-state index in [1.165, 1.54) is 12.8 Å². The molecule has 1 fully saturated rings. The monoisotopic (exact) mass is 235 g/mol. The van der Waals surface area contributed by atoms with Crippen LogP contribution in [-0.2, 0) is 0 Å². The third-order valence-electron chi connectivity index (χ3n) is 3.07. The third kappa shape index (κ3) is 2.62. The van der Waals surface area contributed by atoms with E-state index in [1.54, 1.807) is 0 Å². The first-order chi connectivity index (χ1) is 8.08. The lowest BCUT2D eigenvalue weighted by Gasteiger charge is -2.23. The van der Waals surface area contributed by atoms with Gasteiger partial charge in [-0.15, -0.1) is 0 Å². The highest BCUT2D eigenvalue weighted by Crippen LogP contribution is 2.28. The summed E-state index contributed by atoms with van der Waals surface area (Å²) < 4.78 is 5.62. The van der Waals surface area contributed by atoms with Crippen LogP contribution in [0.3, 0.4) is 0 Å². The van der Waals surface area contributed by atoms with Crippen molar-refractivity contribution in [1.82, 2.24) is 4.98 Å². The van der Waals surface area contributed by atoms with Gasteiger partial charge in [-0.1, -0.05) is 0 Å². The van der Waals surface area contributed by atoms with Crippen LogP contribution in [0.1, 0.15) is 33.6 Å².